The van der Waals surface area contributed by atoms with Crippen molar-refractivity contribution in [3.05, 3.63) is 59.2 Å². The number of ether oxygens (including phenoxy) is 1. The number of rotatable bonds is 7. The summed E-state index contributed by atoms with van der Waals surface area (Å²) in [6, 6.07) is 6.31. The normalized spacial score (nSPS) is 11.3. The summed E-state index contributed by atoms with van der Waals surface area (Å²) < 4.78 is 20.3. The number of nitrogens with two attached hydrogens (primary N) is 1. The zero-order valence-electron chi connectivity index (χ0n) is 17.0. The molecule has 0 fully saturated rings. The van der Waals surface area contributed by atoms with Gasteiger partial charge in [-0.1, -0.05) is 32.6 Å². The quantitative estimate of drug-likeness (QED) is 0.378. The number of aromatic nitrogens is 3. The molecule has 0 atom stereocenters. The van der Waals surface area contributed by atoms with E-state index in [1.54, 1.807) is 18.2 Å². The fraction of sp³-hybridized carbons (Fsp3) is 0.238. The fourth-order valence-corrected chi connectivity index (χ4v) is 3.91. The second kappa shape index (κ2) is 9.51. The van der Waals surface area contributed by atoms with Crippen molar-refractivity contribution in [2.75, 3.05) is 18.5 Å². The van der Waals surface area contributed by atoms with Crippen molar-refractivity contribution in [2.45, 2.75) is 19.3 Å². The third kappa shape index (κ3) is 5.07. The Morgan fingerprint density at radius 2 is 2.16 bits per heavy atom. The highest BCUT2D eigenvalue weighted by Crippen LogP contribution is 2.41. The molecule has 0 saturated carbocycles. The Balaban J connectivity index is 2.12. The van der Waals surface area contributed by atoms with Crippen LogP contribution in [0.15, 0.2) is 43.1 Å². The number of carbonyl (C=O) groups is 1. The number of nitrogens with one attached hydrogen (secondary N) is 1. The predicted octanol–water partition coefficient (Wildman–Crippen LogP) is 5.03. The SMILES string of the molecule is C=CCOC(=O)Nc1cccc(-c2nc(C(C)(C)CN)sc2-c2ccnc(Cl)n2)c1F. The van der Waals surface area contributed by atoms with E-state index < -0.39 is 17.3 Å². The Hall–Kier alpha value is -2.88. The van der Waals surface area contributed by atoms with Gasteiger partial charge in [-0.25, -0.2) is 24.1 Å². The van der Waals surface area contributed by atoms with Gasteiger partial charge in [-0.15, -0.1) is 11.3 Å². The van der Waals surface area contributed by atoms with Gasteiger partial charge in [-0.2, -0.15) is 0 Å². The molecular formula is C21H21ClFN5O2S. The van der Waals surface area contributed by atoms with E-state index in [1.165, 1.54) is 29.7 Å². The monoisotopic (exact) mass is 461 g/mol. The van der Waals surface area contributed by atoms with E-state index in [0.717, 1.165) is 5.01 Å². The predicted molar refractivity (Wildman–Crippen MR) is 121 cm³/mol. The molecule has 162 valence electrons. The van der Waals surface area contributed by atoms with Crippen LogP contribution in [0.1, 0.15) is 18.9 Å². The van der Waals surface area contributed by atoms with Crippen LogP contribution < -0.4 is 11.1 Å². The number of hydrogen-bond acceptors (Lipinski definition) is 7. The molecule has 0 spiro atoms. The highest BCUT2D eigenvalue weighted by atomic mass is 35.5. The van der Waals surface area contributed by atoms with Gasteiger partial charge in [0, 0.05) is 23.7 Å². The summed E-state index contributed by atoms with van der Waals surface area (Å²) in [5, 5.41) is 3.18. The number of halogens is 2. The molecule has 1 aromatic carbocycles. The van der Waals surface area contributed by atoms with Crippen molar-refractivity contribution in [1.29, 1.82) is 0 Å². The van der Waals surface area contributed by atoms with Gasteiger partial charge in [0.15, 0.2) is 5.82 Å². The molecule has 0 aliphatic rings. The maximum absolute atomic E-state index is 15.4. The minimum absolute atomic E-state index is 0.00931. The van der Waals surface area contributed by atoms with E-state index in [1.807, 2.05) is 13.8 Å². The zero-order valence-corrected chi connectivity index (χ0v) is 18.6. The molecule has 3 N–H and O–H groups in total. The topological polar surface area (TPSA) is 103 Å². The van der Waals surface area contributed by atoms with Crippen molar-refractivity contribution in [3.8, 4) is 21.8 Å². The maximum Gasteiger partial charge on any atom is 0.412 e. The molecule has 10 heteroatoms. The van der Waals surface area contributed by atoms with Gasteiger partial charge in [0.1, 0.15) is 11.6 Å². The first-order valence-electron chi connectivity index (χ1n) is 9.30. The van der Waals surface area contributed by atoms with Crippen LogP contribution in [0.4, 0.5) is 14.9 Å². The molecule has 3 aromatic rings. The lowest BCUT2D eigenvalue weighted by Gasteiger charge is -2.18. The minimum Gasteiger partial charge on any atom is -0.445 e. The first-order valence-corrected chi connectivity index (χ1v) is 10.5. The van der Waals surface area contributed by atoms with Gasteiger partial charge < -0.3 is 10.5 Å². The van der Waals surface area contributed by atoms with Crippen LogP contribution in [0.2, 0.25) is 5.28 Å². The molecule has 2 aromatic heterocycles. The number of hydrogen-bond donors (Lipinski definition) is 2. The van der Waals surface area contributed by atoms with E-state index in [4.69, 9.17) is 27.1 Å². The third-order valence-electron chi connectivity index (χ3n) is 4.40. The van der Waals surface area contributed by atoms with Gasteiger partial charge in [0.2, 0.25) is 5.28 Å². The number of thiazole rings is 1. The lowest BCUT2D eigenvalue weighted by atomic mass is 9.95. The van der Waals surface area contributed by atoms with Gasteiger partial charge in [0.05, 0.1) is 22.0 Å². The second-order valence-electron chi connectivity index (χ2n) is 7.17. The number of benzene rings is 1. The number of nitrogens with zero attached hydrogens (tertiary/aromatic N) is 3. The molecule has 31 heavy (non-hydrogen) atoms. The zero-order chi connectivity index (χ0) is 22.6. The van der Waals surface area contributed by atoms with Gasteiger partial charge in [-0.3, -0.25) is 5.32 Å². The Kier molecular flexibility index (Phi) is 6.99. The molecule has 2 heterocycles. The molecule has 1 amide bonds. The molecule has 0 unspecified atom stereocenters. The van der Waals surface area contributed by atoms with Crippen LogP contribution in [0, 0.1) is 5.82 Å². The number of anilines is 1. The Labute approximate surface area is 188 Å². The summed E-state index contributed by atoms with van der Waals surface area (Å²) in [6.45, 7) is 7.74. The van der Waals surface area contributed by atoms with E-state index >= 15 is 4.39 Å². The number of amides is 1. The van der Waals surface area contributed by atoms with Gasteiger partial charge >= 0.3 is 6.09 Å². The first kappa shape index (κ1) is 22.8. The molecule has 3 rings (SSSR count). The third-order valence-corrected chi connectivity index (χ3v) is 6.02. The maximum atomic E-state index is 15.4. The van der Waals surface area contributed by atoms with Crippen LogP contribution in [-0.4, -0.2) is 34.2 Å². The molecule has 0 radical (unpaired) electrons. The average molecular weight is 462 g/mol. The summed E-state index contributed by atoms with van der Waals surface area (Å²) in [5.74, 6) is -0.651. The van der Waals surface area contributed by atoms with Crippen LogP contribution in [-0.2, 0) is 10.2 Å². The standard InChI is InChI=1S/C21H21ClFN5O2S/c1-4-10-30-20(29)27-13-7-5-6-12(15(13)23)16-17(14-8-9-25-19(22)26-14)31-18(28-16)21(2,3)11-24/h4-9H,1,10-11,24H2,2-3H3,(H,27,29). The van der Waals surface area contributed by atoms with Crippen LogP contribution in [0.25, 0.3) is 21.8 Å². The van der Waals surface area contributed by atoms with Crippen molar-refractivity contribution in [1.82, 2.24) is 15.0 Å². The van der Waals surface area contributed by atoms with Crippen molar-refractivity contribution >= 4 is 34.7 Å². The summed E-state index contributed by atoms with van der Waals surface area (Å²) >= 11 is 7.33. The Morgan fingerprint density at radius 1 is 1.39 bits per heavy atom. The van der Waals surface area contributed by atoms with Crippen LogP contribution in [0.3, 0.4) is 0 Å². The van der Waals surface area contributed by atoms with Crippen LogP contribution >= 0.6 is 22.9 Å². The minimum atomic E-state index is -0.790. The van der Waals surface area contributed by atoms with E-state index in [-0.39, 0.29) is 23.1 Å². The van der Waals surface area contributed by atoms with E-state index in [0.29, 0.717) is 22.8 Å². The highest BCUT2D eigenvalue weighted by molar-refractivity contribution is 7.15. The van der Waals surface area contributed by atoms with Crippen molar-refractivity contribution in [3.63, 3.8) is 0 Å². The summed E-state index contributed by atoms with van der Waals surface area (Å²) in [5.41, 5.74) is 6.53. The Morgan fingerprint density at radius 3 is 2.84 bits per heavy atom. The molecule has 0 aliphatic heterocycles. The van der Waals surface area contributed by atoms with E-state index in [2.05, 4.69) is 21.9 Å². The average Bonchev–Trinajstić information content (AvgIpc) is 3.20. The van der Waals surface area contributed by atoms with Crippen molar-refractivity contribution in [2.24, 2.45) is 5.73 Å². The van der Waals surface area contributed by atoms with Crippen LogP contribution in [0.5, 0.6) is 0 Å². The molecular weight excluding hydrogens is 441 g/mol. The van der Waals surface area contributed by atoms with Gasteiger partial charge in [-0.05, 0) is 29.8 Å². The number of carbonyl (C=O) groups excluding carboxylic acids is 1. The fourth-order valence-electron chi connectivity index (χ4n) is 2.61. The summed E-state index contributed by atoms with van der Waals surface area (Å²) in [6.07, 6.45) is 2.15. The van der Waals surface area contributed by atoms with Crippen molar-refractivity contribution < 1.29 is 13.9 Å². The second-order valence-corrected chi connectivity index (χ2v) is 8.51. The molecule has 0 saturated heterocycles. The Bertz CT molecular complexity index is 1120. The molecule has 7 nitrogen and oxygen atoms in total. The first-order chi connectivity index (χ1) is 14.8. The largest absolute Gasteiger partial charge is 0.445 e. The lowest BCUT2D eigenvalue weighted by Crippen LogP contribution is -2.27. The van der Waals surface area contributed by atoms with Gasteiger partial charge in [0.25, 0.3) is 0 Å². The highest BCUT2D eigenvalue weighted by Gasteiger charge is 2.28. The van der Waals surface area contributed by atoms with E-state index in [9.17, 15) is 4.79 Å². The molecule has 0 bridgehead atoms. The molecule has 0 aliphatic carbocycles. The summed E-state index contributed by atoms with van der Waals surface area (Å²) in [4.78, 5) is 25.3. The lowest BCUT2D eigenvalue weighted by molar-refractivity contribution is 0.174. The summed E-state index contributed by atoms with van der Waals surface area (Å²) in [7, 11) is 0. The smallest absolute Gasteiger partial charge is 0.412 e.